The van der Waals surface area contributed by atoms with Gasteiger partial charge in [-0.1, -0.05) is 27.2 Å². The van der Waals surface area contributed by atoms with Crippen molar-refractivity contribution in [2.45, 2.75) is 122 Å². The van der Waals surface area contributed by atoms with Crippen molar-refractivity contribution in [3.8, 4) is 0 Å². The molecule has 12 nitrogen and oxygen atoms in total. The molecule has 248 valence electrons. The average Bonchev–Trinajstić information content (AvgIpc) is 3.03. The number of carbonyl (C=O) groups excluding carboxylic acids is 4. The number of nitrogens with zero attached hydrogens (tertiary/aromatic N) is 1. The van der Waals surface area contributed by atoms with Crippen LogP contribution in [0.15, 0.2) is 0 Å². The molecule has 3 amide bonds. The number of hydrogen-bond acceptors (Lipinski definition) is 9. The van der Waals surface area contributed by atoms with Crippen molar-refractivity contribution in [3.05, 3.63) is 0 Å². The molecule has 0 aromatic rings. The second-order valence-corrected chi connectivity index (χ2v) is 12.0. The van der Waals surface area contributed by atoms with Crippen molar-refractivity contribution < 1.29 is 45.0 Å². The number of amides is 3. The summed E-state index contributed by atoms with van der Waals surface area (Å²) in [7, 11) is 1.51. The number of piperidine rings is 1. The van der Waals surface area contributed by atoms with Crippen LogP contribution in [0.1, 0.15) is 99.2 Å². The van der Waals surface area contributed by atoms with E-state index < -0.39 is 36.0 Å². The Hall–Kier alpha value is -2.28. The normalized spacial score (nSPS) is 25.5. The molecule has 0 spiro atoms. The van der Waals surface area contributed by atoms with E-state index in [2.05, 4.69) is 10.6 Å². The zero-order valence-electron chi connectivity index (χ0n) is 27.3. The fourth-order valence-electron chi connectivity index (χ4n) is 5.26. The zero-order valence-corrected chi connectivity index (χ0v) is 26.3. The van der Waals surface area contributed by atoms with E-state index in [4.69, 9.17) is 15.6 Å². The van der Waals surface area contributed by atoms with E-state index in [9.17, 15) is 29.4 Å². The van der Waals surface area contributed by atoms with E-state index in [1.54, 1.807) is 6.92 Å². The molecule has 5 atom stereocenters. The highest BCUT2D eigenvalue weighted by Gasteiger charge is 2.41. The van der Waals surface area contributed by atoms with Crippen LogP contribution in [0.3, 0.4) is 0 Å². The molecule has 0 unspecified atom stereocenters. The number of unbranched alkanes of at least 4 members (excludes halogenated alkanes) is 3. The predicted molar refractivity (Wildman–Crippen MR) is 160 cm³/mol. The van der Waals surface area contributed by atoms with Crippen molar-refractivity contribution in [1.29, 1.82) is 0 Å². The highest BCUT2D eigenvalue weighted by atomic mass is 16.7. The first-order valence-corrected chi connectivity index (χ1v) is 15.9. The third-order valence-corrected chi connectivity index (χ3v) is 8.43. The molecule has 4 N–H and O–H groups in total. The molecule has 0 radical (unpaired) electrons. The summed E-state index contributed by atoms with van der Waals surface area (Å²) in [5, 5.41) is 25.6. The first-order valence-electron chi connectivity index (χ1n) is 16.6. The Balaban J connectivity index is 1.50. The van der Waals surface area contributed by atoms with Gasteiger partial charge in [0.2, 0.25) is 17.7 Å². The second kappa shape index (κ2) is 19.2. The van der Waals surface area contributed by atoms with Gasteiger partial charge in [-0.25, -0.2) is 0 Å². The first-order chi connectivity index (χ1) is 21.1. The number of nitrogens with one attached hydrogen (secondary N) is 2. The Bertz CT molecular complexity index is 899. The summed E-state index contributed by atoms with van der Waals surface area (Å²) < 4.78 is 24.9. The van der Waals surface area contributed by atoms with Crippen LogP contribution in [-0.4, -0.2) is 103 Å². The number of carbonyl (C=O) groups is 4. The summed E-state index contributed by atoms with van der Waals surface area (Å²) in [5.41, 5.74) is -0.459. The second-order valence-electron chi connectivity index (χ2n) is 12.0. The summed E-state index contributed by atoms with van der Waals surface area (Å²) in [4.78, 5) is 49.9. The maximum atomic E-state index is 12.7. The van der Waals surface area contributed by atoms with E-state index in [0.29, 0.717) is 71.2 Å². The Labute approximate surface area is 258 Å². The van der Waals surface area contributed by atoms with Gasteiger partial charge in [0.15, 0.2) is 6.29 Å². The third-order valence-electron chi connectivity index (χ3n) is 8.43. The van der Waals surface area contributed by atoms with Gasteiger partial charge >= 0.3 is 5.97 Å². The van der Waals surface area contributed by atoms with Crippen LogP contribution < -0.4 is 10.6 Å². The van der Waals surface area contributed by atoms with Gasteiger partial charge in [0.05, 0.1) is 25.2 Å². The summed E-state index contributed by atoms with van der Waals surface area (Å²) in [6, 6.07) is 0. The number of likely N-dealkylation sites (tertiary alicyclic amines) is 1. The number of aliphatic hydroxyl groups is 2. The molecule has 43 heavy (non-hydrogen) atoms. The standard InChI is InChI=1S/C31H55N3O9/c1-5-23-29(40)28(39)22(2)30(43-23)41-20-10-8-11-25(36)33-17-9-6-7-12-26(37)34-18-15-31(3,16-19-34)21-42-27(38)14-13-24(35)32-4/h22-23,28-30,39-40H,5-21H2,1-4H3,(H,32,35)(H,33,36)/t22-,23-,28-,29+,30-/m1/s1/i3T. The Morgan fingerprint density at radius 3 is 2.37 bits per heavy atom. The van der Waals surface area contributed by atoms with Gasteiger partial charge in [0, 0.05) is 65.3 Å². The molecular weight excluding hydrogens is 558 g/mol. The van der Waals surface area contributed by atoms with E-state index in [0.717, 1.165) is 19.3 Å². The number of aliphatic hydroxyl groups excluding tert-OH is 2. The fraction of sp³-hybridized carbons (Fsp3) is 0.871. The van der Waals surface area contributed by atoms with Crippen LogP contribution in [0.25, 0.3) is 0 Å². The van der Waals surface area contributed by atoms with Crippen molar-refractivity contribution in [3.63, 3.8) is 0 Å². The topological polar surface area (TPSA) is 164 Å². The lowest BCUT2D eigenvalue weighted by Crippen LogP contribution is -2.54. The first kappa shape index (κ1) is 35.2. The minimum atomic E-state index is -0.912. The molecule has 2 fully saturated rings. The molecule has 0 aliphatic carbocycles. The summed E-state index contributed by atoms with van der Waals surface area (Å²) in [6.07, 6.45) is 3.58. The van der Waals surface area contributed by atoms with Crippen LogP contribution in [0.5, 0.6) is 0 Å². The van der Waals surface area contributed by atoms with E-state index >= 15 is 0 Å². The van der Waals surface area contributed by atoms with Gasteiger partial charge in [-0.3, -0.25) is 19.2 Å². The predicted octanol–water partition coefficient (Wildman–Crippen LogP) is 2.04. The molecule has 12 heteroatoms. The molecule has 2 aliphatic heterocycles. The SMILES string of the molecule is [3H]CC1(COC(=O)CCC(=O)NC)CCN(C(=O)CCCCCNC(=O)CCCCO[C@@H]2O[C@H](CC)[C@H](O)[C@H](O)[C@H]2C)CC1. The molecular formula is C31H55N3O9. The molecule has 0 bridgehead atoms. The minimum Gasteiger partial charge on any atom is -0.465 e. The van der Waals surface area contributed by atoms with Crippen molar-refractivity contribution in [1.82, 2.24) is 15.5 Å². The maximum absolute atomic E-state index is 12.7. The number of esters is 1. The summed E-state index contributed by atoms with van der Waals surface area (Å²) >= 11 is 0. The van der Waals surface area contributed by atoms with Crippen LogP contribution in [0.2, 0.25) is 0 Å². The Morgan fingerprint density at radius 1 is 0.977 bits per heavy atom. The van der Waals surface area contributed by atoms with Crippen LogP contribution in [-0.2, 0) is 33.4 Å². The van der Waals surface area contributed by atoms with Gasteiger partial charge in [0.1, 0.15) is 6.10 Å². The van der Waals surface area contributed by atoms with E-state index in [-0.39, 0.29) is 50.0 Å². The Morgan fingerprint density at radius 2 is 1.70 bits per heavy atom. The van der Waals surface area contributed by atoms with E-state index in [1.165, 1.54) is 7.05 Å². The quantitative estimate of drug-likeness (QED) is 0.133. The monoisotopic (exact) mass is 615 g/mol. The third kappa shape index (κ3) is 13.1. The summed E-state index contributed by atoms with van der Waals surface area (Å²) in [5.74, 6) is -0.940. The Kier molecular flexibility index (Phi) is 15.7. The van der Waals surface area contributed by atoms with Crippen LogP contribution in [0, 0.1) is 11.3 Å². The fourth-order valence-corrected chi connectivity index (χ4v) is 5.26. The molecule has 0 aromatic heterocycles. The zero-order chi connectivity index (χ0) is 32.5. The van der Waals surface area contributed by atoms with Gasteiger partial charge in [0.25, 0.3) is 0 Å². The highest BCUT2D eigenvalue weighted by molar-refractivity contribution is 5.81. The summed E-state index contributed by atoms with van der Waals surface area (Å²) in [6.45, 7) is 5.96. The van der Waals surface area contributed by atoms with Crippen molar-refractivity contribution in [2.75, 3.05) is 39.9 Å². The van der Waals surface area contributed by atoms with Gasteiger partial charge in [-0.05, 0) is 44.9 Å². The van der Waals surface area contributed by atoms with Crippen molar-refractivity contribution in [2.24, 2.45) is 11.3 Å². The van der Waals surface area contributed by atoms with Crippen molar-refractivity contribution >= 4 is 23.7 Å². The van der Waals surface area contributed by atoms with Gasteiger partial charge in [-0.15, -0.1) is 0 Å². The van der Waals surface area contributed by atoms with Gasteiger partial charge < -0.3 is 40.0 Å². The number of rotatable bonds is 18. The highest BCUT2D eigenvalue weighted by Crippen LogP contribution is 2.32. The maximum Gasteiger partial charge on any atom is 0.306 e. The smallest absolute Gasteiger partial charge is 0.306 e. The number of hydrogen-bond donors (Lipinski definition) is 4. The molecule has 2 aliphatic rings. The molecule has 2 heterocycles. The average molecular weight is 616 g/mol. The lowest BCUT2D eigenvalue weighted by molar-refractivity contribution is -0.277. The van der Waals surface area contributed by atoms with E-state index in [1.807, 2.05) is 11.8 Å². The number of ether oxygens (including phenoxy) is 3. The molecule has 0 saturated carbocycles. The lowest BCUT2D eigenvalue weighted by atomic mass is 9.81. The lowest BCUT2D eigenvalue weighted by Gasteiger charge is -2.41. The largest absolute Gasteiger partial charge is 0.465 e. The molecule has 0 aromatic carbocycles. The van der Waals surface area contributed by atoms with Crippen LogP contribution in [0.4, 0.5) is 0 Å². The minimum absolute atomic E-state index is 0.00753. The van der Waals surface area contributed by atoms with Gasteiger partial charge in [-0.2, -0.15) is 0 Å². The molecule has 2 rings (SSSR count). The molecule has 2 saturated heterocycles. The van der Waals surface area contributed by atoms with Crippen LogP contribution >= 0.6 is 0 Å².